The number of benzene rings is 1. The summed E-state index contributed by atoms with van der Waals surface area (Å²) in [5, 5.41) is 6.66. The molecule has 0 saturated heterocycles. The summed E-state index contributed by atoms with van der Waals surface area (Å²) in [5.74, 6) is -0.145. The van der Waals surface area contributed by atoms with Crippen LogP contribution >= 0.6 is 11.6 Å². The molecule has 0 radical (unpaired) electrons. The van der Waals surface area contributed by atoms with E-state index in [1.807, 2.05) is 0 Å². The lowest BCUT2D eigenvalue weighted by atomic mass is 9.98. The number of hydrogen-bond donors (Lipinski definition) is 1. The van der Waals surface area contributed by atoms with Gasteiger partial charge in [-0.25, -0.2) is 4.79 Å². The number of aryl methyl sites for hydroxylation is 1. The highest BCUT2D eigenvalue weighted by Gasteiger charge is 2.31. The Bertz CT molecular complexity index is 726. The van der Waals surface area contributed by atoms with E-state index in [-0.39, 0.29) is 5.82 Å². The van der Waals surface area contributed by atoms with Gasteiger partial charge in [0, 0.05) is 17.5 Å². The number of cyclic esters (lactones) is 1. The van der Waals surface area contributed by atoms with Crippen LogP contribution < -0.4 is 5.32 Å². The third-order valence-corrected chi connectivity index (χ3v) is 3.35. The fraction of sp³-hybridized carbons (Fsp3) is 0.214. The molecule has 1 aromatic carbocycles. The fourth-order valence-electron chi connectivity index (χ4n) is 2.13. The van der Waals surface area contributed by atoms with Crippen molar-refractivity contribution in [2.45, 2.75) is 19.4 Å². The van der Waals surface area contributed by atoms with Gasteiger partial charge in [0.05, 0.1) is 5.56 Å². The van der Waals surface area contributed by atoms with Crippen molar-refractivity contribution < 1.29 is 18.8 Å². The van der Waals surface area contributed by atoms with E-state index in [9.17, 15) is 9.59 Å². The van der Waals surface area contributed by atoms with Crippen LogP contribution in [0.2, 0.25) is 5.02 Å². The highest BCUT2D eigenvalue weighted by atomic mass is 35.5. The average molecular weight is 307 g/mol. The molecule has 1 aliphatic rings. The summed E-state index contributed by atoms with van der Waals surface area (Å²) in [7, 11) is 0. The minimum absolute atomic E-state index is 0.287. The third kappa shape index (κ3) is 2.75. The summed E-state index contributed by atoms with van der Waals surface area (Å²) < 4.78 is 10.00. The van der Waals surface area contributed by atoms with Crippen molar-refractivity contribution in [1.82, 2.24) is 5.16 Å². The predicted octanol–water partition coefficient (Wildman–Crippen LogP) is 2.36. The number of carbonyl (C=O) groups excluding carboxylic acids is 2. The lowest BCUT2D eigenvalue weighted by molar-refractivity contribution is -0.125. The molecule has 0 saturated carbocycles. The van der Waals surface area contributed by atoms with Gasteiger partial charge >= 0.3 is 5.97 Å². The normalized spacial score (nSPS) is 17.0. The van der Waals surface area contributed by atoms with Gasteiger partial charge in [0.25, 0.3) is 5.91 Å². The number of fused-ring (bicyclic) bond motifs is 1. The van der Waals surface area contributed by atoms with E-state index in [0.717, 1.165) is 5.56 Å². The van der Waals surface area contributed by atoms with Gasteiger partial charge < -0.3 is 14.6 Å². The van der Waals surface area contributed by atoms with Crippen LogP contribution in [0.1, 0.15) is 21.7 Å². The highest BCUT2D eigenvalue weighted by molar-refractivity contribution is 6.31. The molecular formula is C14H11ClN2O4. The van der Waals surface area contributed by atoms with Crippen LogP contribution in [-0.2, 0) is 16.0 Å². The Morgan fingerprint density at radius 1 is 1.43 bits per heavy atom. The molecule has 2 heterocycles. The molecule has 108 valence electrons. The summed E-state index contributed by atoms with van der Waals surface area (Å²) >= 11 is 5.84. The molecule has 0 unspecified atom stereocenters. The number of esters is 1. The number of hydrogen-bond acceptors (Lipinski definition) is 5. The van der Waals surface area contributed by atoms with Crippen molar-refractivity contribution in [3.63, 3.8) is 0 Å². The fourth-order valence-corrected chi connectivity index (χ4v) is 2.30. The lowest BCUT2D eigenvalue weighted by Crippen LogP contribution is -2.38. The topological polar surface area (TPSA) is 81.4 Å². The molecule has 0 fully saturated rings. The Morgan fingerprint density at radius 3 is 2.95 bits per heavy atom. The van der Waals surface area contributed by atoms with Crippen molar-refractivity contribution in [3.05, 3.63) is 46.2 Å². The van der Waals surface area contributed by atoms with Crippen LogP contribution in [0, 0.1) is 6.92 Å². The van der Waals surface area contributed by atoms with Crippen molar-refractivity contribution >= 4 is 29.3 Å². The minimum Gasteiger partial charge on any atom is -0.448 e. The van der Waals surface area contributed by atoms with E-state index in [2.05, 4.69) is 10.5 Å². The molecule has 1 amide bonds. The zero-order valence-corrected chi connectivity index (χ0v) is 11.8. The van der Waals surface area contributed by atoms with Crippen LogP contribution in [0.4, 0.5) is 5.82 Å². The first-order valence-electron chi connectivity index (χ1n) is 6.26. The van der Waals surface area contributed by atoms with Gasteiger partial charge in [-0.3, -0.25) is 4.79 Å². The Balaban J connectivity index is 1.77. The number of carbonyl (C=O) groups is 2. The number of nitrogens with zero attached hydrogens (tertiary/aromatic N) is 1. The number of amides is 1. The van der Waals surface area contributed by atoms with E-state index in [1.54, 1.807) is 25.1 Å². The molecule has 0 bridgehead atoms. The van der Waals surface area contributed by atoms with Crippen molar-refractivity contribution in [3.8, 4) is 0 Å². The molecule has 0 spiro atoms. The molecule has 1 aromatic heterocycles. The summed E-state index contributed by atoms with van der Waals surface area (Å²) in [5.41, 5.74) is 1.12. The van der Waals surface area contributed by atoms with Crippen molar-refractivity contribution in [2.75, 3.05) is 5.32 Å². The number of halogens is 1. The molecule has 21 heavy (non-hydrogen) atoms. The molecule has 1 N–H and O–H groups in total. The van der Waals surface area contributed by atoms with E-state index >= 15 is 0 Å². The molecule has 1 aliphatic heterocycles. The van der Waals surface area contributed by atoms with Gasteiger partial charge in [-0.15, -0.1) is 0 Å². The molecule has 1 atom stereocenters. The second kappa shape index (κ2) is 5.21. The van der Waals surface area contributed by atoms with Crippen LogP contribution in [-0.4, -0.2) is 23.1 Å². The predicted molar refractivity (Wildman–Crippen MR) is 74.2 cm³/mol. The highest BCUT2D eigenvalue weighted by Crippen LogP contribution is 2.24. The van der Waals surface area contributed by atoms with Crippen LogP contribution in [0.3, 0.4) is 0 Å². The molecule has 0 aliphatic carbocycles. The molecule has 7 heteroatoms. The quantitative estimate of drug-likeness (QED) is 0.861. The third-order valence-electron chi connectivity index (χ3n) is 3.12. The number of ether oxygens (including phenoxy) is 1. The molecule has 6 nitrogen and oxygen atoms in total. The first-order valence-corrected chi connectivity index (χ1v) is 6.64. The summed E-state index contributed by atoms with van der Waals surface area (Å²) in [4.78, 5) is 24.0. The van der Waals surface area contributed by atoms with Crippen molar-refractivity contribution in [2.24, 2.45) is 0 Å². The standard InChI is InChI=1S/C14H11ClN2O4/c1-7-4-12(17-21-7)16-13(18)11-5-8-2-3-9(15)6-10(8)14(19)20-11/h2-4,6,11H,5H2,1H3,(H,16,17,18)/t11-/m1/s1. The Kier molecular flexibility index (Phi) is 3.39. The largest absolute Gasteiger partial charge is 0.448 e. The molecule has 3 rings (SSSR count). The number of nitrogens with one attached hydrogen (secondary N) is 1. The van der Waals surface area contributed by atoms with Gasteiger partial charge in [-0.05, 0) is 24.6 Å². The van der Waals surface area contributed by atoms with E-state index in [1.165, 1.54) is 6.07 Å². The van der Waals surface area contributed by atoms with Crippen LogP contribution in [0.25, 0.3) is 0 Å². The maximum absolute atomic E-state index is 12.1. The summed E-state index contributed by atoms with van der Waals surface area (Å²) in [6.45, 7) is 1.71. The zero-order chi connectivity index (χ0) is 15.0. The van der Waals surface area contributed by atoms with Crippen LogP contribution in [0.15, 0.2) is 28.8 Å². The van der Waals surface area contributed by atoms with E-state index in [0.29, 0.717) is 22.8 Å². The maximum atomic E-state index is 12.1. The zero-order valence-electron chi connectivity index (χ0n) is 11.1. The van der Waals surface area contributed by atoms with E-state index < -0.39 is 18.0 Å². The summed E-state index contributed by atoms with van der Waals surface area (Å²) in [6.07, 6.45) is -0.607. The maximum Gasteiger partial charge on any atom is 0.339 e. The average Bonchev–Trinajstić information content (AvgIpc) is 2.84. The van der Waals surface area contributed by atoms with Gasteiger partial charge in [0.1, 0.15) is 5.76 Å². The Hall–Kier alpha value is -2.34. The molecular weight excluding hydrogens is 296 g/mol. The second-order valence-electron chi connectivity index (χ2n) is 4.71. The van der Waals surface area contributed by atoms with Crippen molar-refractivity contribution in [1.29, 1.82) is 0 Å². The Labute approximate surface area is 125 Å². The van der Waals surface area contributed by atoms with E-state index in [4.69, 9.17) is 20.9 Å². The Morgan fingerprint density at radius 2 is 2.24 bits per heavy atom. The lowest BCUT2D eigenvalue weighted by Gasteiger charge is -2.23. The number of rotatable bonds is 2. The van der Waals surface area contributed by atoms with Crippen LogP contribution in [0.5, 0.6) is 0 Å². The number of aromatic nitrogens is 1. The first kappa shape index (κ1) is 13.6. The summed E-state index contributed by atoms with van der Waals surface area (Å²) in [6, 6.07) is 6.51. The second-order valence-corrected chi connectivity index (χ2v) is 5.15. The van der Waals surface area contributed by atoms with Gasteiger partial charge in [-0.1, -0.05) is 22.8 Å². The smallest absolute Gasteiger partial charge is 0.339 e. The molecule has 2 aromatic rings. The first-order chi connectivity index (χ1) is 10.0. The van der Waals surface area contributed by atoms with Gasteiger partial charge in [0.2, 0.25) is 0 Å². The SMILES string of the molecule is Cc1cc(NC(=O)[C@H]2Cc3ccc(Cl)cc3C(=O)O2)no1. The van der Waals surface area contributed by atoms with Gasteiger partial charge in [-0.2, -0.15) is 0 Å². The van der Waals surface area contributed by atoms with Gasteiger partial charge in [0.15, 0.2) is 11.9 Å². The number of anilines is 1. The minimum atomic E-state index is -0.900. The monoisotopic (exact) mass is 306 g/mol.